The van der Waals surface area contributed by atoms with Crippen molar-refractivity contribution >= 4 is 50.2 Å². The molecule has 0 bridgehead atoms. The molecule has 0 aliphatic heterocycles. The fourth-order valence-corrected chi connectivity index (χ4v) is 3.17. The van der Waals surface area contributed by atoms with E-state index in [-0.39, 0.29) is 12.1 Å². The van der Waals surface area contributed by atoms with E-state index in [0.29, 0.717) is 10.5 Å². The molecule has 0 fully saturated rings. The number of halogens is 2. The van der Waals surface area contributed by atoms with Gasteiger partial charge >= 0.3 is 0 Å². The van der Waals surface area contributed by atoms with Crippen molar-refractivity contribution in [2.24, 2.45) is 5.73 Å². The van der Waals surface area contributed by atoms with Crippen molar-refractivity contribution in [2.45, 2.75) is 12.5 Å². The lowest BCUT2D eigenvalue weighted by Crippen LogP contribution is -2.46. The van der Waals surface area contributed by atoms with Crippen LogP contribution in [-0.4, -0.2) is 22.8 Å². The van der Waals surface area contributed by atoms with Gasteiger partial charge in [0, 0.05) is 21.3 Å². The van der Waals surface area contributed by atoms with Crippen molar-refractivity contribution in [3.63, 3.8) is 0 Å². The Morgan fingerprint density at radius 1 is 1.15 bits per heavy atom. The molecule has 2 amide bonds. The third-order valence-corrected chi connectivity index (χ3v) is 4.92. The fourth-order valence-electron chi connectivity index (χ4n) is 2.57. The minimum absolute atomic E-state index is 0.218. The van der Waals surface area contributed by atoms with Gasteiger partial charge in [0.2, 0.25) is 5.91 Å². The fraction of sp³-hybridized carbons (Fsp3) is 0.105. The Balaban J connectivity index is 1.81. The average molecular weight is 433 g/mol. The molecule has 0 aliphatic carbocycles. The van der Waals surface area contributed by atoms with Crippen LogP contribution >= 0.6 is 27.5 Å². The molecule has 3 N–H and O–H groups in total. The van der Waals surface area contributed by atoms with Gasteiger partial charge in [-0.3, -0.25) is 9.59 Å². The molecule has 7 heteroatoms. The van der Waals surface area contributed by atoms with E-state index in [0.717, 1.165) is 15.4 Å². The summed E-state index contributed by atoms with van der Waals surface area (Å²) in [5.41, 5.74) is 7.16. The van der Waals surface area contributed by atoms with E-state index in [9.17, 15) is 9.59 Å². The first-order chi connectivity index (χ1) is 12.4. The maximum Gasteiger partial charge on any atom is 0.270 e. The van der Waals surface area contributed by atoms with Crippen LogP contribution in [0.4, 0.5) is 0 Å². The summed E-state index contributed by atoms with van der Waals surface area (Å²) in [7, 11) is 0. The Hall–Kier alpha value is -2.44. The van der Waals surface area contributed by atoms with Gasteiger partial charge in [-0.1, -0.05) is 51.8 Å². The number of nitrogens with one attached hydrogen (secondary N) is 1. The van der Waals surface area contributed by atoms with Crippen LogP contribution in [0.2, 0.25) is 5.02 Å². The number of nitrogens with zero attached hydrogens (tertiary/aromatic N) is 1. The number of benzene rings is 2. The van der Waals surface area contributed by atoms with Crippen molar-refractivity contribution in [1.29, 1.82) is 0 Å². The van der Waals surface area contributed by atoms with E-state index in [1.54, 1.807) is 24.3 Å². The van der Waals surface area contributed by atoms with Crippen molar-refractivity contribution in [3.8, 4) is 0 Å². The van der Waals surface area contributed by atoms with Gasteiger partial charge in [-0.15, -0.1) is 0 Å². The summed E-state index contributed by atoms with van der Waals surface area (Å²) in [6.45, 7) is 0. The van der Waals surface area contributed by atoms with Gasteiger partial charge in [0.05, 0.1) is 5.52 Å². The van der Waals surface area contributed by atoms with Crippen LogP contribution in [0.1, 0.15) is 16.1 Å². The van der Waals surface area contributed by atoms with Gasteiger partial charge in [0.15, 0.2) is 0 Å². The molecule has 1 atom stereocenters. The minimum atomic E-state index is -0.884. The number of amides is 2. The van der Waals surface area contributed by atoms with Gasteiger partial charge in [0.25, 0.3) is 5.91 Å². The minimum Gasteiger partial charge on any atom is -0.368 e. The second kappa shape index (κ2) is 7.85. The SMILES string of the molecule is NC(=O)[C@@H](Cc1cc(Cl)ccc1Br)NC(=O)c1ccc2ccccc2n1. The van der Waals surface area contributed by atoms with E-state index >= 15 is 0 Å². The first-order valence-corrected chi connectivity index (χ1v) is 9.01. The third kappa shape index (κ3) is 4.20. The molecule has 26 heavy (non-hydrogen) atoms. The second-order valence-electron chi connectivity index (χ2n) is 5.76. The summed E-state index contributed by atoms with van der Waals surface area (Å²) in [5, 5.41) is 4.12. The monoisotopic (exact) mass is 431 g/mol. The molecule has 3 aromatic rings. The Kier molecular flexibility index (Phi) is 5.54. The van der Waals surface area contributed by atoms with Gasteiger partial charge in [0.1, 0.15) is 11.7 Å². The molecule has 1 heterocycles. The summed E-state index contributed by atoms with van der Waals surface area (Å²) >= 11 is 9.41. The Bertz CT molecular complexity index is 993. The zero-order valence-electron chi connectivity index (χ0n) is 13.6. The summed E-state index contributed by atoms with van der Waals surface area (Å²) in [6.07, 6.45) is 0.218. The molecule has 0 saturated carbocycles. The first kappa shape index (κ1) is 18.4. The molecular formula is C19H15BrClN3O2. The molecule has 0 radical (unpaired) electrons. The Morgan fingerprint density at radius 2 is 1.92 bits per heavy atom. The Morgan fingerprint density at radius 3 is 2.69 bits per heavy atom. The van der Waals surface area contributed by atoms with E-state index < -0.39 is 17.9 Å². The van der Waals surface area contributed by atoms with Crippen molar-refractivity contribution in [2.75, 3.05) is 0 Å². The average Bonchev–Trinajstić information content (AvgIpc) is 2.63. The zero-order chi connectivity index (χ0) is 18.7. The lowest BCUT2D eigenvalue weighted by molar-refractivity contribution is -0.119. The third-order valence-electron chi connectivity index (χ3n) is 3.91. The highest BCUT2D eigenvalue weighted by Crippen LogP contribution is 2.22. The van der Waals surface area contributed by atoms with E-state index in [1.807, 2.05) is 30.3 Å². The van der Waals surface area contributed by atoms with Crippen molar-refractivity contribution < 1.29 is 9.59 Å². The van der Waals surface area contributed by atoms with E-state index in [1.165, 1.54) is 0 Å². The number of carbonyl (C=O) groups excluding carboxylic acids is 2. The maximum atomic E-state index is 12.5. The number of primary amides is 1. The number of fused-ring (bicyclic) bond motifs is 1. The zero-order valence-corrected chi connectivity index (χ0v) is 15.9. The van der Waals surface area contributed by atoms with Crippen LogP contribution in [0.15, 0.2) is 59.1 Å². The lowest BCUT2D eigenvalue weighted by Gasteiger charge is -2.16. The molecule has 3 rings (SSSR count). The van der Waals surface area contributed by atoms with Crippen LogP contribution in [0, 0.1) is 0 Å². The molecule has 0 aliphatic rings. The van der Waals surface area contributed by atoms with Crippen molar-refractivity contribution in [1.82, 2.24) is 10.3 Å². The lowest BCUT2D eigenvalue weighted by atomic mass is 10.1. The largest absolute Gasteiger partial charge is 0.368 e. The number of rotatable bonds is 5. The van der Waals surface area contributed by atoms with Gasteiger partial charge in [-0.2, -0.15) is 0 Å². The smallest absolute Gasteiger partial charge is 0.270 e. The van der Waals surface area contributed by atoms with Crippen LogP contribution < -0.4 is 11.1 Å². The predicted molar refractivity (Wildman–Crippen MR) is 105 cm³/mol. The number of nitrogens with two attached hydrogens (primary N) is 1. The summed E-state index contributed by atoms with van der Waals surface area (Å²) in [6, 6.07) is 15.2. The maximum absolute atomic E-state index is 12.5. The predicted octanol–water partition coefficient (Wildman–Crippen LogP) is 3.48. The normalized spacial score (nSPS) is 11.9. The number of carbonyl (C=O) groups is 2. The molecular weight excluding hydrogens is 418 g/mol. The second-order valence-corrected chi connectivity index (χ2v) is 7.05. The highest BCUT2D eigenvalue weighted by molar-refractivity contribution is 9.10. The summed E-state index contributed by atoms with van der Waals surface area (Å²) in [4.78, 5) is 28.7. The highest BCUT2D eigenvalue weighted by Gasteiger charge is 2.21. The summed E-state index contributed by atoms with van der Waals surface area (Å²) in [5.74, 6) is -1.09. The molecule has 0 saturated heterocycles. The van der Waals surface area contributed by atoms with Crippen LogP contribution in [0.25, 0.3) is 10.9 Å². The quantitative estimate of drug-likeness (QED) is 0.647. The number of aromatic nitrogens is 1. The number of para-hydroxylation sites is 1. The standard InChI is InChI=1S/C19H15BrClN3O2/c20-14-7-6-13(21)9-12(14)10-17(18(22)25)24-19(26)16-8-5-11-3-1-2-4-15(11)23-16/h1-9,17H,10H2,(H2,22,25)(H,24,26)/t17-/m1/s1. The number of hydrogen-bond donors (Lipinski definition) is 2. The molecule has 5 nitrogen and oxygen atoms in total. The highest BCUT2D eigenvalue weighted by atomic mass is 79.9. The van der Waals surface area contributed by atoms with Crippen LogP contribution in [-0.2, 0) is 11.2 Å². The van der Waals surface area contributed by atoms with Crippen LogP contribution in [0.5, 0.6) is 0 Å². The molecule has 132 valence electrons. The molecule has 0 spiro atoms. The Labute approximate surface area is 163 Å². The number of pyridine rings is 1. The molecule has 1 aromatic heterocycles. The van der Waals surface area contributed by atoms with E-state index in [4.69, 9.17) is 17.3 Å². The number of hydrogen-bond acceptors (Lipinski definition) is 3. The molecule has 0 unspecified atom stereocenters. The van der Waals surface area contributed by atoms with Gasteiger partial charge < -0.3 is 11.1 Å². The van der Waals surface area contributed by atoms with Gasteiger partial charge in [-0.25, -0.2) is 4.98 Å². The van der Waals surface area contributed by atoms with E-state index in [2.05, 4.69) is 26.2 Å². The van der Waals surface area contributed by atoms with Crippen molar-refractivity contribution in [3.05, 3.63) is 75.4 Å². The topological polar surface area (TPSA) is 85.1 Å². The van der Waals surface area contributed by atoms with Gasteiger partial charge in [-0.05, 0) is 35.9 Å². The van der Waals surface area contributed by atoms with Crippen LogP contribution in [0.3, 0.4) is 0 Å². The summed E-state index contributed by atoms with van der Waals surface area (Å²) < 4.78 is 0.784. The first-order valence-electron chi connectivity index (χ1n) is 7.84. The molecule has 2 aromatic carbocycles.